The molecular formula is C21H20ClNO4. The molecule has 2 atom stereocenters. The Bertz CT molecular complexity index is 911. The summed E-state index contributed by atoms with van der Waals surface area (Å²) < 4.78 is 5.09. The molecule has 0 aliphatic carbocycles. The zero-order valence-corrected chi connectivity index (χ0v) is 15.3. The lowest BCUT2D eigenvalue weighted by molar-refractivity contribution is 0.0192. The number of carbonyl (C=O) groups excluding carboxylic acids is 1. The molecule has 0 bridgehead atoms. The van der Waals surface area contributed by atoms with Crippen LogP contribution in [-0.4, -0.2) is 29.0 Å². The number of alkyl carbamates (subject to hydrolysis) is 1. The molecule has 0 aliphatic heterocycles. The predicted octanol–water partition coefficient (Wildman–Crippen LogP) is 3.81. The van der Waals surface area contributed by atoms with Crippen LogP contribution in [0, 0.1) is 0 Å². The van der Waals surface area contributed by atoms with E-state index in [0.717, 1.165) is 10.9 Å². The number of hydrogen-bond acceptors (Lipinski definition) is 4. The minimum atomic E-state index is -1.21. The van der Waals surface area contributed by atoms with Crippen molar-refractivity contribution in [1.29, 1.82) is 0 Å². The van der Waals surface area contributed by atoms with E-state index in [0.29, 0.717) is 16.0 Å². The fraction of sp³-hybridized carbons (Fsp3) is 0.190. The van der Waals surface area contributed by atoms with Crippen molar-refractivity contribution in [3.05, 3.63) is 82.9 Å². The summed E-state index contributed by atoms with van der Waals surface area (Å²) >= 11 is 6.26. The first kappa shape index (κ1) is 19.2. The molecular weight excluding hydrogens is 366 g/mol. The van der Waals surface area contributed by atoms with E-state index in [2.05, 4.69) is 5.32 Å². The Balaban J connectivity index is 1.60. The summed E-state index contributed by atoms with van der Waals surface area (Å²) in [6.45, 7) is -0.0279. The van der Waals surface area contributed by atoms with Gasteiger partial charge in [0.2, 0.25) is 0 Å². The van der Waals surface area contributed by atoms with Crippen molar-refractivity contribution in [2.45, 2.75) is 18.8 Å². The van der Waals surface area contributed by atoms with Crippen molar-refractivity contribution < 1.29 is 19.7 Å². The van der Waals surface area contributed by atoms with E-state index < -0.39 is 18.3 Å². The maximum absolute atomic E-state index is 11.8. The molecule has 0 radical (unpaired) electrons. The molecule has 0 aliphatic rings. The molecule has 140 valence electrons. The molecule has 3 aromatic rings. The summed E-state index contributed by atoms with van der Waals surface area (Å²) in [5.41, 5.74) is 1.36. The normalized spacial score (nSPS) is 13.1. The van der Waals surface area contributed by atoms with E-state index in [1.54, 1.807) is 18.2 Å². The molecule has 27 heavy (non-hydrogen) atoms. The number of benzene rings is 3. The van der Waals surface area contributed by atoms with Crippen molar-refractivity contribution >= 4 is 28.5 Å². The molecule has 0 fully saturated rings. The third kappa shape index (κ3) is 4.77. The van der Waals surface area contributed by atoms with Crippen molar-refractivity contribution in [2.24, 2.45) is 0 Å². The van der Waals surface area contributed by atoms with E-state index in [4.69, 9.17) is 16.3 Å². The Morgan fingerprint density at radius 2 is 1.70 bits per heavy atom. The highest BCUT2D eigenvalue weighted by Crippen LogP contribution is 2.31. The number of ether oxygens (including phenoxy) is 1. The number of nitrogens with one attached hydrogen (secondary N) is 1. The fourth-order valence-corrected chi connectivity index (χ4v) is 3.14. The molecule has 6 heteroatoms. The lowest BCUT2D eigenvalue weighted by Crippen LogP contribution is -2.35. The van der Waals surface area contributed by atoms with Gasteiger partial charge < -0.3 is 20.3 Å². The molecule has 3 rings (SSSR count). The molecule has 0 aromatic heterocycles. The maximum atomic E-state index is 11.8. The second-order valence-electron chi connectivity index (χ2n) is 6.14. The van der Waals surface area contributed by atoms with Gasteiger partial charge in [-0.3, -0.25) is 0 Å². The van der Waals surface area contributed by atoms with Crippen molar-refractivity contribution in [1.82, 2.24) is 5.32 Å². The Morgan fingerprint density at radius 3 is 2.44 bits per heavy atom. The summed E-state index contributed by atoms with van der Waals surface area (Å²) in [5, 5.41) is 25.3. The zero-order chi connectivity index (χ0) is 19.2. The second-order valence-corrected chi connectivity index (χ2v) is 6.55. The van der Waals surface area contributed by atoms with Gasteiger partial charge in [-0.05, 0) is 22.6 Å². The van der Waals surface area contributed by atoms with E-state index in [1.165, 1.54) is 0 Å². The molecule has 0 saturated heterocycles. The van der Waals surface area contributed by atoms with Gasteiger partial charge in [-0.25, -0.2) is 4.79 Å². The first-order chi connectivity index (χ1) is 13.1. The first-order valence-corrected chi connectivity index (χ1v) is 8.92. The molecule has 1 amide bonds. The number of carbonyl (C=O) groups is 1. The Hall–Kier alpha value is -2.60. The van der Waals surface area contributed by atoms with Crippen LogP contribution < -0.4 is 5.32 Å². The quantitative estimate of drug-likeness (QED) is 0.602. The minimum absolute atomic E-state index is 0.129. The van der Waals surface area contributed by atoms with Gasteiger partial charge in [0.25, 0.3) is 0 Å². The van der Waals surface area contributed by atoms with E-state index in [9.17, 15) is 15.0 Å². The van der Waals surface area contributed by atoms with E-state index in [1.807, 2.05) is 48.5 Å². The average Bonchev–Trinajstić information content (AvgIpc) is 2.70. The number of fused-ring (bicyclic) bond motifs is 1. The van der Waals surface area contributed by atoms with E-state index >= 15 is 0 Å². The Kier molecular flexibility index (Phi) is 6.29. The summed E-state index contributed by atoms with van der Waals surface area (Å²) in [5.74, 6) is 0. The predicted molar refractivity (Wildman–Crippen MR) is 105 cm³/mol. The van der Waals surface area contributed by atoms with Crippen LogP contribution in [0.4, 0.5) is 4.79 Å². The summed E-state index contributed by atoms with van der Waals surface area (Å²) in [7, 11) is 0. The number of aliphatic hydroxyl groups excluding tert-OH is 2. The van der Waals surface area contributed by atoms with Gasteiger partial charge in [0.05, 0.1) is 0 Å². The van der Waals surface area contributed by atoms with Crippen LogP contribution in [0.3, 0.4) is 0 Å². The van der Waals surface area contributed by atoms with Crippen molar-refractivity contribution in [2.75, 3.05) is 6.54 Å². The summed E-state index contributed by atoms with van der Waals surface area (Å²) in [6.07, 6.45) is -3.08. The highest BCUT2D eigenvalue weighted by Gasteiger charge is 2.22. The smallest absolute Gasteiger partial charge is 0.407 e. The molecule has 0 heterocycles. The van der Waals surface area contributed by atoms with E-state index in [-0.39, 0.29) is 13.2 Å². The van der Waals surface area contributed by atoms with Crippen LogP contribution >= 0.6 is 11.6 Å². The largest absolute Gasteiger partial charge is 0.445 e. The van der Waals surface area contributed by atoms with Gasteiger partial charge in [-0.2, -0.15) is 0 Å². The van der Waals surface area contributed by atoms with Gasteiger partial charge >= 0.3 is 6.09 Å². The van der Waals surface area contributed by atoms with Crippen LogP contribution in [0.25, 0.3) is 10.8 Å². The maximum Gasteiger partial charge on any atom is 0.407 e. The lowest BCUT2D eigenvalue weighted by Gasteiger charge is -2.20. The molecule has 0 spiro atoms. The molecule has 2 unspecified atom stereocenters. The van der Waals surface area contributed by atoms with Gasteiger partial charge in [0.15, 0.2) is 0 Å². The third-order valence-electron chi connectivity index (χ3n) is 4.24. The number of aliphatic hydroxyl groups is 2. The summed E-state index contributed by atoms with van der Waals surface area (Å²) in [6, 6.07) is 20.1. The number of rotatable bonds is 6. The fourth-order valence-electron chi connectivity index (χ4n) is 2.85. The molecule has 3 aromatic carbocycles. The number of amides is 1. The topological polar surface area (TPSA) is 78.8 Å². The third-order valence-corrected chi connectivity index (χ3v) is 4.55. The Morgan fingerprint density at radius 1 is 1.00 bits per heavy atom. The lowest BCUT2D eigenvalue weighted by atomic mass is 9.97. The van der Waals surface area contributed by atoms with Crippen LogP contribution in [-0.2, 0) is 11.3 Å². The van der Waals surface area contributed by atoms with Gasteiger partial charge in [0.1, 0.15) is 18.8 Å². The highest BCUT2D eigenvalue weighted by molar-refractivity contribution is 6.35. The second kappa shape index (κ2) is 8.86. The summed E-state index contributed by atoms with van der Waals surface area (Å²) in [4.78, 5) is 11.8. The van der Waals surface area contributed by atoms with Crippen molar-refractivity contribution in [3.8, 4) is 0 Å². The average molecular weight is 386 g/mol. The van der Waals surface area contributed by atoms with Crippen LogP contribution in [0.5, 0.6) is 0 Å². The molecule has 0 saturated carbocycles. The van der Waals surface area contributed by atoms with Crippen LogP contribution in [0.2, 0.25) is 5.02 Å². The van der Waals surface area contributed by atoms with Gasteiger partial charge in [-0.1, -0.05) is 72.3 Å². The Labute approximate surface area is 162 Å². The van der Waals surface area contributed by atoms with Crippen LogP contribution in [0.1, 0.15) is 17.2 Å². The zero-order valence-electron chi connectivity index (χ0n) is 14.5. The highest BCUT2D eigenvalue weighted by atomic mass is 35.5. The molecule has 5 nitrogen and oxygen atoms in total. The molecule has 3 N–H and O–H groups in total. The van der Waals surface area contributed by atoms with Gasteiger partial charge in [-0.15, -0.1) is 0 Å². The van der Waals surface area contributed by atoms with Crippen LogP contribution in [0.15, 0.2) is 66.7 Å². The number of halogens is 1. The minimum Gasteiger partial charge on any atom is -0.445 e. The first-order valence-electron chi connectivity index (χ1n) is 8.54. The SMILES string of the molecule is O=C(NCC(O)C(O)c1cccc2cccc(Cl)c12)OCc1ccccc1. The van der Waals surface area contributed by atoms with Gasteiger partial charge in [0, 0.05) is 17.0 Å². The standard InChI is InChI=1S/C21H20ClNO4/c22-17-11-5-9-15-8-4-10-16(19(15)17)20(25)18(24)12-23-21(26)27-13-14-6-2-1-3-7-14/h1-11,18,20,24-25H,12-13H2,(H,23,26). The monoisotopic (exact) mass is 385 g/mol. The van der Waals surface area contributed by atoms with Crippen molar-refractivity contribution in [3.63, 3.8) is 0 Å². The number of hydrogen-bond donors (Lipinski definition) is 3.